The second-order valence-corrected chi connectivity index (χ2v) is 5.29. The zero-order valence-electron chi connectivity index (χ0n) is 16.5. The van der Waals surface area contributed by atoms with Crippen molar-refractivity contribution in [2.75, 3.05) is 27.9 Å². The first-order valence-corrected chi connectivity index (χ1v) is 8.55. The Morgan fingerprint density at radius 2 is 1.67 bits per heavy atom. The Bertz CT molecular complexity index is 603. The molecule has 0 bridgehead atoms. The van der Waals surface area contributed by atoms with E-state index < -0.39 is 24.1 Å². The van der Waals surface area contributed by atoms with Crippen LogP contribution in [0.2, 0.25) is 0 Å². The summed E-state index contributed by atoms with van der Waals surface area (Å²) in [6.45, 7) is 4.48. The van der Waals surface area contributed by atoms with Crippen LogP contribution < -0.4 is 5.32 Å². The van der Waals surface area contributed by atoms with Crippen molar-refractivity contribution in [1.82, 2.24) is 10.2 Å². The molecule has 0 aromatic carbocycles. The zero-order valence-corrected chi connectivity index (χ0v) is 16.5. The predicted molar refractivity (Wildman–Crippen MR) is 100 cm³/mol. The van der Waals surface area contributed by atoms with Crippen LogP contribution in [0.15, 0.2) is 24.4 Å². The second kappa shape index (κ2) is 14.4. The van der Waals surface area contributed by atoms with Gasteiger partial charge in [-0.05, 0) is 18.9 Å². The first-order chi connectivity index (χ1) is 12.9. The van der Waals surface area contributed by atoms with E-state index in [1.165, 1.54) is 33.5 Å². The minimum absolute atomic E-state index is 0.345. The molecular weight excluding hydrogens is 352 g/mol. The van der Waals surface area contributed by atoms with Crippen molar-refractivity contribution >= 4 is 17.9 Å². The van der Waals surface area contributed by atoms with Crippen molar-refractivity contribution in [1.29, 1.82) is 0 Å². The van der Waals surface area contributed by atoms with Gasteiger partial charge in [-0.2, -0.15) is 0 Å². The lowest BCUT2D eigenvalue weighted by Crippen LogP contribution is -2.46. The Morgan fingerprint density at radius 1 is 1.04 bits per heavy atom. The average Bonchev–Trinajstić information content (AvgIpc) is 2.69. The molecule has 150 valence electrons. The van der Waals surface area contributed by atoms with Crippen molar-refractivity contribution in [2.24, 2.45) is 0 Å². The van der Waals surface area contributed by atoms with Gasteiger partial charge in [-0.15, -0.1) is 0 Å². The summed E-state index contributed by atoms with van der Waals surface area (Å²) in [6, 6.07) is -0.345. The summed E-state index contributed by atoms with van der Waals surface area (Å²) in [5, 5.41) is 3.24. The van der Waals surface area contributed by atoms with E-state index in [-0.39, 0.29) is 6.04 Å². The normalized spacial score (nSPS) is 12.8. The molecule has 0 rings (SSSR count). The molecular formula is C19H28N2O6. The van der Waals surface area contributed by atoms with Crippen molar-refractivity contribution in [2.45, 2.75) is 38.9 Å². The third-order valence-electron chi connectivity index (χ3n) is 3.37. The van der Waals surface area contributed by atoms with Gasteiger partial charge in [0.2, 0.25) is 0 Å². The minimum atomic E-state index is -0.632. The van der Waals surface area contributed by atoms with Gasteiger partial charge < -0.3 is 19.1 Å². The monoisotopic (exact) mass is 380 g/mol. The highest BCUT2D eigenvalue weighted by Gasteiger charge is 2.16. The minimum Gasteiger partial charge on any atom is -0.466 e. The Balaban J connectivity index is 5.58. The van der Waals surface area contributed by atoms with Gasteiger partial charge in [-0.25, -0.2) is 14.4 Å². The van der Waals surface area contributed by atoms with Gasteiger partial charge >= 0.3 is 17.9 Å². The van der Waals surface area contributed by atoms with E-state index in [1.54, 1.807) is 12.3 Å². The van der Waals surface area contributed by atoms with Gasteiger partial charge in [0, 0.05) is 30.8 Å². The summed E-state index contributed by atoms with van der Waals surface area (Å²) in [7, 11) is 3.83. The van der Waals surface area contributed by atoms with E-state index in [1.807, 2.05) is 18.7 Å². The van der Waals surface area contributed by atoms with Gasteiger partial charge in [0.05, 0.1) is 33.5 Å². The van der Waals surface area contributed by atoms with Crippen LogP contribution in [-0.2, 0) is 28.6 Å². The molecule has 8 heteroatoms. The molecule has 1 N–H and O–H groups in total. The molecule has 0 saturated carbocycles. The van der Waals surface area contributed by atoms with Gasteiger partial charge in [-0.3, -0.25) is 5.32 Å². The number of nitrogens with one attached hydrogen (secondary N) is 1. The number of hydrogen-bond acceptors (Lipinski definition) is 8. The summed E-state index contributed by atoms with van der Waals surface area (Å²) in [5.74, 6) is 3.55. The fourth-order valence-electron chi connectivity index (χ4n) is 1.95. The quantitative estimate of drug-likeness (QED) is 0.150. The Hall–Kier alpha value is -2.79. The van der Waals surface area contributed by atoms with E-state index in [0.29, 0.717) is 13.0 Å². The maximum absolute atomic E-state index is 11.5. The summed E-state index contributed by atoms with van der Waals surface area (Å²) in [5.41, 5.74) is 0. The zero-order chi connectivity index (χ0) is 20.7. The van der Waals surface area contributed by atoms with Gasteiger partial charge in [-0.1, -0.05) is 19.8 Å². The Morgan fingerprint density at radius 3 is 2.19 bits per heavy atom. The van der Waals surface area contributed by atoms with Crippen LogP contribution in [0.4, 0.5) is 0 Å². The molecule has 0 aromatic heterocycles. The van der Waals surface area contributed by atoms with E-state index in [4.69, 9.17) is 0 Å². The first-order valence-electron chi connectivity index (χ1n) is 8.55. The van der Waals surface area contributed by atoms with E-state index in [0.717, 1.165) is 6.42 Å². The number of rotatable bonds is 10. The molecule has 0 aliphatic heterocycles. The van der Waals surface area contributed by atoms with Crippen LogP contribution in [0.5, 0.6) is 0 Å². The van der Waals surface area contributed by atoms with Crippen LogP contribution in [0.25, 0.3) is 0 Å². The molecule has 27 heavy (non-hydrogen) atoms. The molecule has 0 heterocycles. The lowest BCUT2D eigenvalue weighted by atomic mass is 10.2. The number of methoxy groups -OCH3 is 3. The number of hydrogen-bond donors (Lipinski definition) is 1. The molecule has 0 amide bonds. The molecule has 0 fully saturated rings. The molecule has 0 radical (unpaired) electrons. The van der Waals surface area contributed by atoms with Crippen molar-refractivity contribution in [3.05, 3.63) is 24.4 Å². The summed E-state index contributed by atoms with van der Waals surface area (Å²) in [4.78, 5) is 36.0. The highest BCUT2D eigenvalue weighted by Crippen LogP contribution is 2.05. The third-order valence-corrected chi connectivity index (χ3v) is 3.37. The molecule has 2 unspecified atom stereocenters. The van der Waals surface area contributed by atoms with Crippen LogP contribution >= 0.6 is 0 Å². The van der Waals surface area contributed by atoms with E-state index in [2.05, 4.69) is 31.4 Å². The standard InChI is InChI=1S/C19H28N2O6/c1-6-13-21(14-12-19(24)27-5)16(9-11-18(23)26-4)20-15(7-2)8-10-17(22)25-3/h9,11-12,14-16,20H,6-7,13H2,1-5H3/b11-9+,14-12+. The fraction of sp³-hybridized carbons (Fsp3) is 0.526. The van der Waals surface area contributed by atoms with Crippen LogP contribution in [0, 0.1) is 11.8 Å². The highest BCUT2D eigenvalue weighted by molar-refractivity contribution is 5.88. The summed E-state index contributed by atoms with van der Waals surface area (Å²) < 4.78 is 13.8. The van der Waals surface area contributed by atoms with Crippen molar-refractivity contribution in [3.8, 4) is 11.8 Å². The smallest absolute Gasteiger partial charge is 0.384 e. The lowest BCUT2D eigenvalue weighted by Gasteiger charge is -2.31. The topological polar surface area (TPSA) is 94.2 Å². The molecule has 0 aromatic rings. The maximum atomic E-state index is 11.5. The van der Waals surface area contributed by atoms with Gasteiger partial charge in [0.25, 0.3) is 0 Å². The third kappa shape index (κ3) is 10.7. The summed E-state index contributed by atoms with van der Waals surface area (Å²) in [6.07, 6.45) is 6.68. The molecule has 8 nitrogen and oxygen atoms in total. The molecule has 0 saturated heterocycles. The van der Waals surface area contributed by atoms with Crippen LogP contribution in [0.1, 0.15) is 26.7 Å². The van der Waals surface area contributed by atoms with Crippen LogP contribution in [-0.4, -0.2) is 62.9 Å². The molecule has 2 atom stereocenters. The number of carbonyl (C=O) groups is 3. The van der Waals surface area contributed by atoms with Gasteiger partial charge in [0.1, 0.15) is 0 Å². The Labute approximate surface area is 160 Å². The number of ether oxygens (including phenoxy) is 3. The molecule has 0 spiro atoms. The number of carbonyl (C=O) groups excluding carboxylic acids is 3. The average molecular weight is 380 g/mol. The van der Waals surface area contributed by atoms with E-state index in [9.17, 15) is 14.4 Å². The van der Waals surface area contributed by atoms with Crippen molar-refractivity contribution < 1.29 is 28.6 Å². The van der Waals surface area contributed by atoms with Crippen molar-refractivity contribution in [3.63, 3.8) is 0 Å². The van der Waals surface area contributed by atoms with Gasteiger partial charge in [0.15, 0.2) is 0 Å². The Kier molecular flexibility index (Phi) is 12.9. The second-order valence-electron chi connectivity index (χ2n) is 5.29. The lowest BCUT2D eigenvalue weighted by molar-refractivity contribution is -0.135. The number of nitrogens with zero attached hydrogens (tertiary/aromatic N) is 1. The first kappa shape index (κ1) is 24.2. The van der Waals surface area contributed by atoms with Crippen LogP contribution in [0.3, 0.4) is 0 Å². The SMILES string of the molecule is CCCN(/C=C/C(=O)OC)C(/C=C/C(=O)OC)NC(C#CC(=O)OC)CC. The molecule has 0 aliphatic rings. The van der Waals surface area contributed by atoms with E-state index >= 15 is 0 Å². The highest BCUT2D eigenvalue weighted by atomic mass is 16.5. The predicted octanol–water partition coefficient (Wildman–Crippen LogP) is 0.985. The number of esters is 3. The summed E-state index contributed by atoms with van der Waals surface area (Å²) >= 11 is 0. The maximum Gasteiger partial charge on any atom is 0.384 e. The molecule has 0 aliphatic carbocycles. The fourth-order valence-corrected chi connectivity index (χ4v) is 1.95. The largest absolute Gasteiger partial charge is 0.466 e.